The van der Waals surface area contributed by atoms with E-state index in [1.807, 2.05) is 4.90 Å². The Bertz CT molecular complexity index is 731. The quantitative estimate of drug-likeness (QED) is 0.904. The van der Waals surface area contributed by atoms with Gasteiger partial charge in [-0.3, -0.25) is 9.59 Å². The summed E-state index contributed by atoms with van der Waals surface area (Å²) in [6.45, 7) is 1.42. The summed E-state index contributed by atoms with van der Waals surface area (Å²) in [5, 5.41) is 14.2. The average molecular weight is 357 g/mol. The zero-order valence-electron chi connectivity index (χ0n) is 14.3. The lowest BCUT2D eigenvalue weighted by Crippen LogP contribution is -2.48. The molecule has 2 atom stereocenters. The Morgan fingerprint density at radius 3 is 2.76 bits per heavy atom. The second-order valence-corrected chi connectivity index (χ2v) is 8.56. The molecule has 0 radical (unpaired) electrons. The SMILES string of the molecule is N#CC1(NC(=O)[C@@H]2CCCC[C@H]2C(=O)N2CCc3sccc3C2)CC1. The van der Waals surface area contributed by atoms with Crippen molar-refractivity contribution in [1.29, 1.82) is 5.26 Å². The van der Waals surface area contributed by atoms with E-state index in [9.17, 15) is 14.9 Å². The lowest BCUT2D eigenvalue weighted by Gasteiger charge is -2.36. The maximum atomic E-state index is 13.1. The van der Waals surface area contributed by atoms with Gasteiger partial charge in [-0.05, 0) is 49.1 Å². The summed E-state index contributed by atoms with van der Waals surface area (Å²) in [5.74, 6) is -0.483. The highest BCUT2D eigenvalue weighted by molar-refractivity contribution is 7.10. The number of thiophene rings is 1. The van der Waals surface area contributed by atoms with Crippen molar-refractivity contribution in [2.24, 2.45) is 11.8 Å². The predicted octanol–water partition coefficient (Wildman–Crippen LogP) is 2.61. The van der Waals surface area contributed by atoms with Gasteiger partial charge in [0.15, 0.2) is 0 Å². The van der Waals surface area contributed by atoms with Crippen LogP contribution >= 0.6 is 11.3 Å². The molecule has 2 saturated carbocycles. The van der Waals surface area contributed by atoms with E-state index >= 15 is 0 Å². The van der Waals surface area contributed by atoms with Crippen LogP contribution in [0.15, 0.2) is 11.4 Å². The van der Waals surface area contributed by atoms with Crippen molar-refractivity contribution >= 4 is 23.2 Å². The molecule has 0 aromatic carbocycles. The standard InChI is InChI=1S/C19H23N3O2S/c20-12-19(7-8-19)21-17(23)14-3-1-2-4-15(14)18(24)22-9-5-16-13(11-22)6-10-25-16/h6,10,14-15H,1-5,7-9,11H2,(H,21,23)/t14-,15-/m1/s1. The predicted molar refractivity (Wildman–Crippen MR) is 94.6 cm³/mol. The smallest absolute Gasteiger partial charge is 0.226 e. The summed E-state index contributed by atoms with van der Waals surface area (Å²) < 4.78 is 0. The Labute approximate surface area is 152 Å². The van der Waals surface area contributed by atoms with Crippen molar-refractivity contribution in [2.75, 3.05) is 6.54 Å². The molecule has 1 aromatic heterocycles. The van der Waals surface area contributed by atoms with Crippen LogP contribution in [0, 0.1) is 23.2 Å². The van der Waals surface area contributed by atoms with Crippen LogP contribution in [-0.2, 0) is 22.6 Å². The molecule has 25 heavy (non-hydrogen) atoms. The summed E-state index contributed by atoms with van der Waals surface area (Å²) in [4.78, 5) is 29.2. The summed E-state index contributed by atoms with van der Waals surface area (Å²) >= 11 is 1.76. The minimum absolute atomic E-state index is 0.0923. The van der Waals surface area contributed by atoms with E-state index in [-0.39, 0.29) is 23.7 Å². The molecule has 1 N–H and O–H groups in total. The van der Waals surface area contributed by atoms with Crippen LogP contribution < -0.4 is 5.32 Å². The fourth-order valence-corrected chi connectivity index (χ4v) is 5.02. The largest absolute Gasteiger partial charge is 0.338 e. The molecule has 2 heterocycles. The van der Waals surface area contributed by atoms with E-state index in [0.29, 0.717) is 6.54 Å². The van der Waals surface area contributed by atoms with Gasteiger partial charge in [-0.1, -0.05) is 12.8 Å². The van der Waals surface area contributed by atoms with Gasteiger partial charge in [0.2, 0.25) is 11.8 Å². The second kappa shape index (κ2) is 6.45. The third-order valence-electron chi connectivity index (χ3n) is 5.87. The van der Waals surface area contributed by atoms with E-state index in [2.05, 4.69) is 22.8 Å². The molecule has 6 heteroatoms. The summed E-state index contributed by atoms with van der Waals surface area (Å²) in [7, 11) is 0. The minimum Gasteiger partial charge on any atom is -0.338 e. The highest BCUT2D eigenvalue weighted by Gasteiger charge is 2.47. The molecule has 1 aliphatic heterocycles. The van der Waals surface area contributed by atoms with E-state index in [1.165, 1.54) is 10.4 Å². The molecule has 1 aromatic rings. The molecular weight excluding hydrogens is 334 g/mol. The second-order valence-electron chi connectivity index (χ2n) is 7.56. The third-order valence-corrected chi connectivity index (χ3v) is 6.89. The first-order valence-electron chi connectivity index (χ1n) is 9.19. The normalized spacial score (nSPS) is 27.1. The summed E-state index contributed by atoms with van der Waals surface area (Å²) in [6, 6.07) is 4.32. The maximum absolute atomic E-state index is 13.1. The highest BCUT2D eigenvalue weighted by Crippen LogP contribution is 2.38. The summed E-state index contributed by atoms with van der Waals surface area (Å²) in [6.07, 6.45) is 5.89. The van der Waals surface area contributed by atoms with E-state index < -0.39 is 5.54 Å². The van der Waals surface area contributed by atoms with Gasteiger partial charge in [0.05, 0.1) is 6.07 Å². The fourth-order valence-electron chi connectivity index (χ4n) is 4.13. The monoisotopic (exact) mass is 357 g/mol. The van der Waals surface area contributed by atoms with Crippen LogP contribution in [0.4, 0.5) is 0 Å². The Balaban J connectivity index is 1.46. The zero-order chi connectivity index (χ0) is 17.4. The van der Waals surface area contributed by atoms with Gasteiger partial charge in [-0.15, -0.1) is 11.3 Å². The van der Waals surface area contributed by atoms with E-state index in [4.69, 9.17) is 0 Å². The van der Waals surface area contributed by atoms with Gasteiger partial charge in [0.25, 0.3) is 0 Å². The number of nitrogens with one attached hydrogen (secondary N) is 1. The number of carbonyl (C=O) groups is 2. The number of hydrogen-bond acceptors (Lipinski definition) is 4. The van der Waals surface area contributed by atoms with Gasteiger partial charge >= 0.3 is 0 Å². The zero-order valence-corrected chi connectivity index (χ0v) is 15.1. The number of nitriles is 1. The molecule has 132 valence electrons. The molecule has 5 nitrogen and oxygen atoms in total. The Morgan fingerprint density at radius 2 is 2.04 bits per heavy atom. The first-order chi connectivity index (χ1) is 12.1. The van der Waals surface area contributed by atoms with Crippen molar-refractivity contribution in [3.63, 3.8) is 0 Å². The molecular formula is C19H23N3O2S. The first-order valence-corrected chi connectivity index (χ1v) is 10.1. The molecule has 0 bridgehead atoms. The van der Waals surface area contributed by atoms with Crippen LogP contribution in [-0.4, -0.2) is 28.8 Å². The molecule has 2 fully saturated rings. The van der Waals surface area contributed by atoms with Crippen molar-refractivity contribution in [3.05, 3.63) is 21.9 Å². The number of amides is 2. The van der Waals surface area contributed by atoms with Crippen molar-refractivity contribution in [2.45, 2.75) is 57.0 Å². The molecule has 2 amide bonds. The lowest BCUT2D eigenvalue weighted by atomic mass is 9.77. The van der Waals surface area contributed by atoms with Crippen LogP contribution in [0.2, 0.25) is 0 Å². The first kappa shape index (κ1) is 16.6. The lowest BCUT2D eigenvalue weighted by molar-refractivity contribution is -0.144. The van der Waals surface area contributed by atoms with Crippen molar-refractivity contribution < 1.29 is 9.59 Å². The average Bonchev–Trinajstić information content (AvgIpc) is 3.26. The fraction of sp³-hybridized carbons (Fsp3) is 0.632. The Kier molecular flexibility index (Phi) is 4.28. The van der Waals surface area contributed by atoms with Crippen molar-refractivity contribution in [1.82, 2.24) is 10.2 Å². The molecule has 4 rings (SSSR count). The molecule has 0 unspecified atom stereocenters. The number of rotatable bonds is 3. The van der Waals surface area contributed by atoms with Crippen LogP contribution in [0.25, 0.3) is 0 Å². The van der Waals surface area contributed by atoms with Gasteiger partial charge in [0, 0.05) is 29.8 Å². The van der Waals surface area contributed by atoms with Gasteiger partial charge in [-0.25, -0.2) is 0 Å². The van der Waals surface area contributed by atoms with E-state index in [0.717, 1.165) is 51.5 Å². The van der Waals surface area contributed by atoms with E-state index in [1.54, 1.807) is 11.3 Å². The molecule has 0 saturated heterocycles. The van der Waals surface area contributed by atoms with Crippen LogP contribution in [0.3, 0.4) is 0 Å². The van der Waals surface area contributed by atoms with Crippen LogP contribution in [0.5, 0.6) is 0 Å². The Hall–Kier alpha value is -1.87. The molecule has 0 spiro atoms. The molecule has 2 aliphatic carbocycles. The van der Waals surface area contributed by atoms with Crippen LogP contribution in [0.1, 0.15) is 49.0 Å². The van der Waals surface area contributed by atoms with Crippen molar-refractivity contribution in [3.8, 4) is 6.07 Å². The number of fused-ring (bicyclic) bond motifs is 1. The van der Waals surface area contributed by atoms with Gasteiger partial charge < -0.3 is 10.2 Å². The Morgan fingerprint density at radius 1 is 1.28 bits per heavy atom. The topological polar surface area (TPSA) is 73.2 Å². The highest BCUT2D eigenvalue weighted by atomic mass is 32.1. The number of hydrogen-bond donors (Lipinski definition) is 1. The van der Waals surface area contributed by atoms with Gasteiger partial charge in [0.1, 0.15) is 5.54 Å². The third kappa shape index (κ3) is 3.18. The minimum atomic E-state index is -0.654. The maximum Gasteiger partial charge on any atom is 0.226 e. The number of carbonyl (C=O) groups excluding carboxylic acids is 2. The number of nitrogens with zero attached hydrogens (tertiary/aromatic N) is 2. The molecule has 3 aliphatic rings. The summed E-state index contributed by atoms with van der Waals surface area (Å²) in [5.41, 5.74) is 0.599. The van der Waals surface area contributed by atoms with Gasteiger partial charge in [-0.2, -0.15) is 5.26 Å².